The van der Waals surface area contributed by atoms with Crippen molar-refractivity contribution >= 4 is 37.4 Å². The molecule has 0 atom stereocenters. The van der Waals surface area contributed by atoms with E-state index >= 15 is 0 Å². The first-order valence-corrected chi connectivity index (χ1v) is 12.3. The number of nitrogens with one attached hydrogen (secondary N) is 1. The number of nitrogens with zero attached hydrogens (tertiary/aromatic N) is 1. The van der Waals surface area contributed by atoms with Gasteiger partial charge in [0.05, 0.1) is 24.6 Å². The fraction of sp³-hybridized carbons (Fsp3) is 0.0741. The van der Waals surface area contributed by atoms with E-state index in [2.05, 4.69) is 9.71 Å². The second-order valence-corrected chi connectivity index (χ2v) is 9.46. The van der Waals surface area contributed by atoms with Crippen LogP contribution in [-0.4, -0.2) is 27.6 Å². The van der Waals surface area contributed by atoms with Gasteiger partial charge in [0.25, 0.3) is 10.0 Å². The normalized spacial score (nSPS) is 11.4. The summed E-state index contributed by atoms with van der Waals surface area (Å²) in [5.74, 6) is 2.44. The molecule has 1 N–H and O–H groups in total. The fourth-order valence-corrected chi connectivity index (χ4v) is 4.90. The maximum absolute atomic E-state index is 12.6. The van der Waals surface area contributed by atoms with E-state index in [0.29, 0.717) is 28.7 Å². The molecule has 0 unspecified atom stereocenters. The lowest BCUT2D eigenvalue weighted by atomic mass is 10.1. The lowest BCUT2D eigenvalue weighted by Crippen LogP contribution is -2.12. The van der Waals surface area contributed by atoms with Crippen LogP contribution >= 0.6 is 0 Å². The molecule has 0 aliphatic carbocycles. The summed E-state index contributed by atoms with van der Waals surface area (Å²) in [6.45, 7) is 0. The van der Waals surface area contributed by atoms with Crippen LogP contribution in [0, 0.1) is 0 Å². The lowest BCUT2D eigenvalue weighted by Gasteiger charge is -2.13. The summed E-state index contributed by atoms with van der Waals surface area (Å²) < 4.78 is 44.9. The predicted octanol–water partition coefficient (Wildman–Crippen LogP) is 6.00. The molecule has 0 aliphatic heterocycles. The van der Waals surface area contributed by atoms with Crippen LogP contribution in [0.4, 0.5) is 5.69 Å². The van der Waals surface area contributed by atoms with E-state index in [0.717, 1.165) is 21.7 Å². The minimum absolute atomic E-state index is 0.211. The average molecular weight is 487 g/mol. The first-order chi connectivity index (χ1) is 17.0. The van der Waals surface area contributed by atoms with Gasteiger partial charge in [0.1, 0.15) is 11.5 Å². The SMILES string of the molecule is COc1cc2nccc(Oc3ccc4cc(NS(=O)(=O)c5ccccc5)ccc4c3)c2cc1OC. The number of aromatic nitrogens is 1. The minimum Gasteiger partial charge on any atom is -0.493 e. The highest BCUT2D eigenvalue weighted by molar-refractivity contribution is 7.92. The van der Waals surface area contributed by atoms with Crippen molar-refractivity contribution in [3.63, 3.8) is 0 Å². The van der Waals surface area contributed by atoms with Crippen LogP contribution in [0.25, 0.3) is 21.7 Å². The molecule has 0 radical (unpaired) electrons. The summed E-state index contributed by atoms with van der Waals surface area (Å²) in [4.78, 5) is 4.62. The zero-order valence-electron chi connectivity index (χ0n) is 19.1. The zero-order valence-corrected chi connectivity index (χ0v) is 19.9. The van der Waals surface area contributed by atoms with Crippen LogP contribution in [0.15, 0.2) is 96.0 Å². The number of fused-ring (bicyclic) bond motifs is 2. The summed E-state index contributed by atoms with van der Waals surface area (Å²) >= 11 is 0. The van der Waals surface area contributed by atoms with Crippen molar-refractivity contribution in [2.24, 2.45) is 0 Å². The molecule has 5 rings (SSSR count). The Hall–Kier alpha value is -4.30. The Balaban J connectivity index is 1.43. The first kappa shape index (κ1) is 22.5. The Morgan fingerprint density at radius 2 is 1.46 bits per heavy atom. The molecule has 176 valence electrons. The van der Waals surface area contributed by atoms with Gasteiger partial charge in [0.2, 0.25) is 0 Å². The van der Waals surface area contributed by atoms with Crippen LogP contribution in [0.2, 0.25) is 0 Å². The molecule has 0 fully saturated rings. The molecule has 5 aromatic rings. The van der Waals surface area contributed by atoms with Crippen LogP contribution in [0.3, 0.4) is 0 Å². The maximum Gasteiger partial charge on any atom is 0.261 e. The number of hydrogen-bond donors (Lipinski definition) is 1. The van der Waals surface area contributed by atoms with Gasteiger partial charge in [-0.15, -0.1) is 0 Å². The molecular weight excluding hydrogens is 464 g/mol. The van der Waals surface area contributed by atoms with Gasteiger partial charge >= 0.3 is 0 Å². The molecule has 0 amide bonds. The molecule has 7 nitrogen and oxygen atoms in total. The Morgan fingerprint density at radius 3 is 2.23 bits per heavy atom. The van der Waals surface area contributed by atoms with Gasteiger partial charge in [-0.1, -0.05) is 30.3 Å². The van der Waals surface area contributed by atoms with Crippen molar-refractivity contribution in [3.8, 4) is 23.0 Å². The minimum atomic E-state index is -3.66. The van der Waals surface area contributed by atoms with E-state index < -0.39 is 10.0 Å². The Labute approximate surface area is 203 Å². The van der Waals surface area contributed by atoms with Crippen molar-refractivity contribution in [3.05, 3.63) is 91.1 Å². The number of hydrogen-bond acceptors (Lipinski definition) is 6. The number of benzene rings is 4. The fourth-order valence-electron chi connectivity index (χ4n) is 3.83. The molecule has 4 aromatic carbocycles. The van der Waals surface area contributed by atoms with Gasteiger partial charge in [0, 0.05) is 23.3 Å². The summed E-state index contributed by atoms with van der Waals surface area (Å²) in [6, 6.07) is 24.7. The van der Waals surface area contributed by atoms with Crippen molar-refractivity contribution in [1.82, 2.24) is 4.98 Å². The second kappa shape index (κ2) is 9.15. The summed E-state index contributed by atoms with van der Waals surface area (Å²) in [6.07, 6.45) is 1.68. The number of rotatable bonds is 7. The molecular formula is C27H22N2O5S. The highest BCUT2D eigenvalue weighted by atomic mass is 32.2. The molecule has 1 aromatic heterocycles. The van der Waals surface area contributed by atoms with Gasteiger partial charge in [-0.2, -0.15) is 0 Å². The summed E-state index contributed by atoms with van der Waals surface area (Å²) in [5, 5.41) is 2.57. The third kappa shape index (κ3) is 4.56. The number of pyridine rings is 1. The number of sulfonamides is 1. The molecule has 0 bridgehead atoms. The van der Waals surface area contributed by atoms with Gasteiger partial charge < -0.3 is 14.2 Å². The number of methoxy groups -OCH3 is 2. The number of anilines is 1. The summed E-state index contributed by atoms with van der Waals surface area (Å²) in [7, 11) is -0.500. The molecule has 0 saturated heterocycles. The first-order valence-electron chi connectivity index (χ1n) is 10.8. The van der Waals surface area contributed by atoms with E-state index in [1.54, 1.807) is 75.0 Å². The average Bonchev–Trinajstić information content (AvgIpc) is 2.88. The topological polar surface area (TPSA) is 86.8 Å². The van der Waals surface area contributed by atoms with Crippen molar-refractivity contribution in [2.45, 2.75) is 4.90 Å². The molecule has 0 aliphatic rings. The van der Waals surface area contributed by atoms with Crippen molar-refractivity contribution in [1.29, 1.82) is 0 Å². The van der Waals surface area contributed by atoms with Crippen LogP contribution in [0.1, 0.15) is 0 Å². The third-order valence-electron chi connectivity index (χ3n) is 5.55. The maximum atomic E-state index is 12.6. The second-order valence-electron chi connectivity index (χ2n) is 7.78. The molecule has 1 heterocycles. The molecule has 35 heavy (non-hydrogen) atoms. The Bertz CT molecular complexity index is 1640. The quantitative estimate of drug-likeness (QED) is 0.304. The van der Waals surface area contributed by atoms with Crippen LogP contribution in [-0.2, 0) is 10.0 Å². The third-order valence-corrected chi connectivity index (χ3v) is 6.95. The largest absolute Gasteiger partial charge is 0.493 e. The smallest absolute Gasteiger partial charge is 0.261 e. The highest BCUT2D eigenvalue weighted by Crippen LogP contribution is 2.37. The van der Waals surface area contributed by atoms with E-state index in [1.807, 2.05) is 30.3 Å². The van der Waals surface area contributed by atoms with E-state index in [4.69, 9.17) is 14.2 Å². The monoisotopic (exact) mass is 486 g/mol. The molecule has 0 saturated carbocycles. The predicted molar refractivity (Wildman–Crippen MR) is 136 cm³/mol. The summed E-state index contributed by atoms with van der Waals surface area (Å²) in [5.41, 5.74) is 1.20. The van der Waals surface area contributed by atoms with Gasteiger partial charge in [-0.25, -0.2) is 8.42 Å². The molecule has 0 spiro atoms. The van der Waals surface area contributed by atoms with Crippen molar-refractivity contribution < 1.29 is 22.6 Å². The Morgan fingerprint density at radius 1 is 0.743 bits per heavy atom. The lowest BCUT2D eigenvalue weighted by molar-refractivity contribution is 0.355. The van der Waals surface area contributed by atoms with Crippen molar-refractivity contribution in [2.75, 3.05) is 18.9 Å². The van der Waals surface area contributed by atoms with Gasteiger partial charge in [0.15, 0.2) is 11.5 Å². The van der Waals surface area contributed by atoms with E-state index in [9.17, 15) is 8.42 Å². The van der Waals surface area contributed by atoms with Crippen LogP contribution < -0.4 is 18.9 Å². The van der Waals surface area contributed by atoms with Gasteiger partial charge in [-0.3, -0.25) is 9.71 Å². The van der Waals surface area contributed by atoms with Gasteiger partial charge in [-0.05, 0) is 59.3 Å². The highest BCUT2D eigenvalue weighted by Gasteiger charge is 2.14. The van der Waals surface area contributed by atoms with E-state index in [1.165, 1.54) is 0 Å². The standard InChI is InChI=1S/C27H22N2O5S/c1-32-26-16-23-24(17-27(26)33-2)28-13-12-25(23)34-21-11-9-18-14-20(10-8-19(18)15-21)29-35(30,31)22-6-4-3-5-7-22/h3-17,29H,1-2H3. The Kier molecular flexibility index (Phi) is 5.88. The molecule has 8 heteroatoms. The van der Waals surface area contributed by atoms with Crippen LogP contribution in [0.5, 0.6) is 23.0 Å². The number of ether oxygens (including phenoxy) is 3. The van der Waals surface area contributed by atoms with E-state index in [-0.39, 0.29) is 4.90 Å². The zero-order chi connectivity index (χ0) is 24.4.